The quantitative estimate of drug-likeness (QED) is 0.791. The molecule has 0 fully saturated rings. The van der Waals surface area contributed by atoms with E-state index in [9.17, 15) is 9.90 Å². The normalized spacial score (nSPS) is 11.8. The van der Waals surface area contributed by atoms with Crippen LogP contribution in [0.2, 0.25) is 0 Å². The first-order valence-electron chi connectivity index (χ1n) is 5.29. The van der Waals surface area contributed by atoms with Crippen LogP contribution >= 0.6 is 0 Å². The first kappa shape index (κ1) is 14.1. The average molecular weight is 255 g/mol. The Morgan fingerprint density at radius 3 is 1.94 bits per heavy atom. The first-order chi connectivity index (χ1) is 8.58. The minimum absolute atomic E-state index is 0.396. The summed E-state index contributed by atoms with van der Waals surface area (Å²) in [7, 11) is 6.00. The summed E-state index contributed by atoms with van der Waals surface area (Å²) in [6.07, 6.45) is 0. The van der Waals surface area contributed by atoms with Crippen molar-refractivity contribution in [3.8, 4) is 17.2 Å². The molecule has 6 heteroatoms. The Labute approximate surface area is 105 Å². The van der Waals surface area contributed by atoms with Gasteiger partial charge in [-0.15, -0.1) is 0 Å². The zero-order valence-corrected chi connectivity index (χ0v) is 10.8. The van der Waals surface area contributed by atoms with E-state index in [0.29, 0.717) is 22.8 Å². The molecule has 2 N–H and O–H groups in total. The molecule has 1 rings (SSSR count). The second kappa shape index (κ2) is 6.11. The summed E-state index contributed by atoms with van der Waals surface area (Å²) in [6.45, 7) is 0. The number of likely N-dealkylation sites (N-methyl/N-ethyl adjacent to an activating group) is 1. The van der Waals surface area contributed by atoms with E-state index in [-0.39, 0.29) is 0 Å². The average Bonchev–Trinajstić information content (AvgIpc) is 2.38. The van der Waals surface area contributed by atoms with Gasteiger partial charge in [-0.05, 0) is 7.05 Å². The number of aliphatic carboxylic acids is 1. The smallest absolute Gasteiger partial charge is 0.325 e. The number of hydrogen-bond acceptors (Lipinski definition) is 5. The van der Waals surface area contributed by atoms with Crippen molar-refractivity contribution in [2.75, 3.05) is 28.4 Å². The third kappa shape index (κ3) is 2.65. The van der Waals surface area contributed by atoms with E-state index in [1.165, 1.54) is 21.3 Å². The highest BCUT2D eigenvalue weighted by Gasteiger charge is 2.26. The first-order valence-corrected chi connectivity index (χ1v) is 5.29. The summed E-state index contributed by atoms with van der Waals surface area (Å²) < 4.78 is 15.5. The highest BCUT2D eigenvalue weighted by molar-refractivity contribution is 5.78. The van der Waals surface area contributed by atoms with Crippen molar-refractivity contribution >= 4 is 5.97 Å². The Hall–Kier alpha value is -1.95. The molecule has 100 valence electrons. The minimum Gasteiger partial charge on any atom is -0.496 e. The van der Waals surface area contributed by atoms with Crippen LogP contribution in [0.3, 0.4) is 0 Å². The molecule has 0 spiro atoms. The summed E-state index contributed by atoms with van der Waals surface area (Å²) in [4.78, 5) is 11.2. The maximum atomic E-state index is 11.2. The molecule has 0 bridgehead atoms. The van der Waals surface area contributed by atoms with Crippen LogP contribution in [-0.2, 0) is 4.79 Å². The predicted molar refractivity (Wildman–Crippen MR) is 65.5 cm³/mol. The number of ether oxygens (including phenoxy) is 3. The van der Waals surface area contributed by atoms with Gasteiger partial charge < -0.3 is 24.6 Å². The third-order valence-corrected chi connectivity index (χ3v) is 2.58. The van der Waals surface area contributed by atoms with Crippen LogP contribution in [0.1, 0.15) is 11.6 Å². The molecule has 0 saturated carbocycles. The fraction of sp³-hybridized carbons (Fsp3) is 0.417. The molecule has 0 radical (unpaired) electrons. The van der Waals surface area contributed by atoms with Gasteiger partial charge in [0.05, 0.1) is 26.9 Å². The molecule has 1 unspecified atom stereocenters. The van der Waals surface area contributed by atoms with Gasteiger partial charge in [-0.3, -0.25) is 4.79 Å². The molecular formula is C12H17NO5. The van der Waals surface area contributed by atoms with Gasteiger partial charge >= 0.3 is 5.97 Å². The zero-order chi connectivity index (χ0) is 13.7. The maximum Gasteiger partial charge on any atom is 0.325 e. The van der Waals surface area contributed by atoms with Gasteiger partial charge in [-0.2, -0.15) is 0 Å². The van der Waals surface area contributed by atoms with Crippen LogP contribution < -0.4 is 19.5 Å². The van der Waals surface area contributed by atoms with Crippen LogP contribution in [0.25, 0.3) is 0 Å². The third-order valence-electron chi connectivity index (χ3n) is 2.58. The molecule has 1 aromatic rings. The Morgan fingerprint density at radius 1 is 1.17 bits per heavy atom. The van der Waals surface area contributed by atoms with E-state index in [1.807, 2.05) is 0 Å². The van der Waals surface area contributed by atoms with Crippen LogP contribution in [0.4, 0.5) is 0 Å². The van der Waals surface area contributed by atoms with Gasteiger partial charge in [-0.25, -0.2) is 0 Å². The fourth-order valence-electron chi connectivity index (χ4n) is 1.71. The summed E-state index contributed by atoms with van der Waals surface area (Å²) >= 11 is 0. The predicted octanol–water partition coefficient (Wildman–Crippen LogP) is 1.06. The van der Waals surface area contributed by atoms with Crippen molar-refractivity contribution in [2.24, 2.45) is 0 Å². The lowest BCUT2D eigenvalue weighted by atomic mass is 10.0. The van der Waals surface area contributed by atoms with Gasteiger partial charge in [0.2, 0.25) is 0 Å². The summed E-state index contributed by atoms with van der Waals surface area (Å²) in [5, 5.41) is 11.9. The second-order valence-corrected chi connectivity index (χ2v) is 3.51. The van der Waals surface area contributed by atoms with Crippen molar-refractivity contribution < 1.29 is 24.1 Å². The number of carboxylic acids is 1. The number of nitrogens with one attached hydrogen (secondary N) is 1. The van der Waals surface area contributed by atoms with Gasteiger partial charge in [0.1, 0.15) is 23.3 Å². The SMILES string of the molecule is CNC(C(=O)O)c1c(OC)cc(OC)cc1OC. The zero-order valence-electron chi connectivity index (χ0n) is 10.8. The monoisotopic (exact) mass is 255 g/mol. The molecule has 0 saturated heterocycles. The molecule has 0 aliphatic carbocycles. The topological polar surface area (TPSA) is 77.0 Å². The summed E-state index contributed by atoms with van der Waals surface area (Å²) in [5.41, 5.74) is 0.427. The molecule has 0 aliphatic heterocycles. The number of methoxy groups -OCH3 is 3. The van der Waals surface area contributed by atoms with E-state index in [4.69, 9.17) is 14.2 Å². The van der Waals surface area contributed by atoms with E-state index in [1.54, 1.807) is 19.2 Å². The Bertz CT molecular complexity index is 407. The number of hydrogen-bond donors (Lipinski definition) is 2. The van der Waals surface area contributed by atoms with E-state index >= 15 is 0 Å². The van der Waals surface area contributed by atoms with Crippen molar-refractivity contribution in [3.63, 3.8) is 0 Å². The molecule has 18 heavy (non-hydrogen) atoms. The van der Waals surface area contributed by atoms with Crippen LogP contribution in [0.15, 0.2) is 12.1 Å². The van der Waals surface area contributed by atoms with E-state index in [2.05, 4.69) is 5.32 Å². The van der Waals surface area contributed by atoms with Crippen molar-refractivity contribution in [1.82, 2.24) is 5.32 Å². The molecule has 1 aromatic carbocycles. The van der Waals surface area contributed by atoms with Crippen LogP contribution in [-0.4, -0.2) is 39.5 Å². The van der Waals surface area contributed by atoms with Gasteiger partial charge in [0.25, 0.3) is 0 Å². The highest BCUT2D eigenvalue weighted by atomic mass is 16.5. The lowest BCUT2D eigenvalue weighted by Gasteiger charge is -2.19. The minimum atomic E-state index is -1.01. The summed E-state index contributed by atoms with van der Waals surface area (Å²) in [5.74, 6) is 0.313. The van der Waals surface area contributed by atoms with Gasteiger partial charge in [-0.1, -0.05) is 0 Å². The molecule has 0 aliphatic rings. The largest absolute Gasteiger partial charge is 0.496 e. The Morgan fingerprint density at radius 2 is 1.67 bits per heavy atom. The van der Waals surface area contributed by atoms with E-state index in [0.717, 1.165) is 0 Å². The molecule has 0 amide bonds. The maximum absolute atomic E-state index is 11.2. The van der Waals surface area contributed by atoms with Crippen molar-refractivity contribution in [3.05, 3.63) is 17.7 Å². The Balaban J connectivity index is 3.43. The number of rotatable bonds is 6. The number of benzene rings is 1. The molecule has 0 aromatic heterocycles. The number of carbonyl (C=O) groups is 1. The Kier molecular flexibility index (Phi) is 4.79. The van der Waals surface area contributed by atoms with Gasteiger partial charge in [0, 0.05) is 12.1 Å². The molecular weight excluding hydrogens is 238 g/mol. The fourth-order valence-corrected chi connectivity index (χ4v) is 1.71. The highest BCUT2D eigenvalue weighted by Crippen LogP contribution is 2.38. The summed E-state index contributed by atoms with van der Waals surface area (Å²) in [6, 6.07) is 2.32. The lowest BCUT2D eigenvalue weighted by Crippen LogP contribution is -2.26. The second-order valence-electron chi connectivity index (χ2n) is 3.51. The number of carboxylic acid groups (broad SMARTS) is 1. The van der Waals surface area contributed by atoms with Gasteiger partial charge in [0.15, 0.2) is 0 Å². The molecule has 6 nitrogen and oxygen atoms in total. The lowest BCUT2D eigenvalue weighted by molar-refractivity contribution is -0.139. The molecule has 0 heterocycles. The van der Waals surface area contributed by atoms with Crippen molar-refractivity contribution in [2.45, 2.75) is 6.04 Å². The van der Waals surface area contributed by atoms with E-state index < -0.39 is 12.0 Å². The standard InChI is InChI=1S/C12H17NO5/c1-13-11(12(14)15)10-8(17-3)5-7(16-2)6-9(10)18-4/h5-6,11,13H,1-4H3,(H,14,15). The van der Waals surface area contributed by atoms with Crippen molar-refractivity contribution in [1.29, 1.82) is 0 Å². The van der Waals surface area contributed by atoms with Crippen LogP contribution in [0.5, 0.6) is 17.2 Å². The van der Waals surface area contributed by atoms with Crippen LogP contribution in [0, 0.1) is 0 Å². The molecule has 1 atom stereocenters.